The highest BCUT2D eigenvalue weighted by Gasteiger charge is 2.08. The maximum Gasteiger partial charge on any atom is 0.398 e. The minimum atomic E-state index is 0.676. The molecule has 0 aliphatic carbocycles. The molecule has 0 saturated carbocycles. The van der Waals surface area contributed by atoms with Crippen molar-refractivity contribution in [1.82, 2.24) is 0 Å². The molecule has 1 aromatic rings. The van der Waals surface area contributed by atoms with Crippen LogP contribution in [0.1, 0.15) is 4.88 Å². The number of hydrogen-bond acceptors (Lipinski definition) is 2. The summed E-state index contributed by atoms with van der Waals surface area (Å²) in [7, 11) is 0. The van der Waals surface area contributed by atoms with E-state index in [1.807, 2.05) is 12.3 Å². The largest absolute Gasteiger partial charge is 0.398 e. The number of nitrogens with zero attached hydrogens (tertiary/aromatic N) is 2. The molecule has 0 fully saturated rings. The quantitative estimate of drug-likeness (QED) is 0.490. The van der Waals surface area contributed by atoms with E-state index in [1.54, 1.807) is 17.4 Å². The van der Waals surface area contributed by atoms with Gasteiger partial charge in [0.2, 0.25) is 5.39 Å². The maximum absolute atomic E-state index is 8.24. The topological polar surface area (TPSA) is 28.1 Å². The van der Waals surface area contributed by atoms with Crippen molar-refractivity contribution < 1.29 is 0 Å². The van der Waals surface area contributed by atoms with Crippen molar-refractivity contribution >= 4 is 17.0 Å². The van der Waals surface area contributed by atoms with E-state index in [2.05, 4.69) is 4.98 Å². The second kappa shape index (κ2) is 1.93. The molecule has 8 heavy (non-hydrogen) atoms. The minimum absolute atomic E-state index is 0.676. The van der Waals surface area contributed by atoms with Gasteiger partial charge in [-0.15, -0.1) is 11.3 Å². The number of aryl methyl sites for hydroxylation is 1. The van der Waals surface area contributed by atoms with Crippen molar-refractivity contribution in [2.45, 2.75) is 6.92 Å². The van der Waals surface area contributed by atoms with Gasteiger partial charge in [0.05, 0.1) is 4.88 Å². The summed E-state index contributed by atoms with van der Waals surface area (Å²) < 4.78 is 0. The summed E-state index contributed by atoms with van der Waals surface area (Å²) in [6, 6.07) is 1.78. The standard InChI is InChI=1S/C5H5N2S/c1-4-5(7-6)2-3-8-4/h2-3H,1H3/q+1. The van der Waals surface area contributed by atoms with Gasteiger partial charge in [0.1, 0.15) is 0 Å². The smallest absolute Gasteiger partial charge is 0.140 e. The molecule has 0 N–H and O–H groups in total. The van der Waals surface area contributed by atoms with Gasteiger partial charge in [0.15, 0.2) is 4.98 Å². The van der Waals surface area contributed by atoms with Crippen LogP contribution in [0, 0.1) is 12.3 Å². The van der Waals surface area contributed by atoms with E-state index in [-0.39, 0.29) is 0 Å². The minimum Gasteiger partial charge on any atom is -0.140 e. The summed E-state index contributed by atoms with van der Waals surface area (Å²) in [5, 5.41) is 10.1. The monoisotopic (exact) mass is 125 g/mol. The fourth-order valence-corrected chi connectivity index (χ4v) is 1.11. The van der Waals surface area contributed by atoms with Crippen molar-refractivity contribution in [2.24, 2.45) is 0 Å². The molecule has 0 aliphatic heterocycles. The Hall–Kier alpha value is -0.880. The van der Waals surface area contributed by atoms with Crippen LogP contribution < -0.4 is 0 Å². The Morgan fingerprint density at radius 3 is 2.75 bits per heavy atom. The van der Waals surface area contributed by atoms with Crippen LogP contribution in [0.3, 0.4) is 0 Å². The first-order chi connectivity index (χ1) is 3.84. The Balaban J connectivity index is 3.15. The van der Waals surface area contributed by atoms with Gasteiger partial charge < -0.3 is 0 Å². The van der Waals surface area contributed by atoms with Gasteiger partial charge in [0.25, 0.3) is 0 Å². The average molecular weight is 125 g/mol. The molecule has 0 spiro atoms. The van der Waals surface area contributed by atoms with E-state index in [0.717, 1.165) is 4.88 Å². The van der Waals surface area contributed by atoms with Gasteiger partial charge >= 0.3 is 5.69 Å². The Labute approximate surface area is 51.4 Å². The summed E-state index contributed by atoms with van der Waals surface area (Å²) in [6.07, 6.45) is 0. The van der Waals surface area contributed by atoms with Crippen LogP contribution in [0.15, 0.2) is 11.4 Å². The number of rotatable bonds is 0. The second-order valence-corrected chi connectivity index (χ2v) is 2.58. The van der Waals surface area contributed by atoms with Crippen LogP contribution in [0.4, 0.5) is 5.69 Å². The van der Waals surface area contributed by atoms with Crippen molar-refractivity contribution in [3.05, 3.63) is 21.3 Å². The SMILES string of the molecule is Cc1sccc1[N+]#N. The zero-order valence-corrected chi connectivity index (χ0v) is 5.27. The Morgan fingerprint density at radius 2 is 2.50 bits per heavy atom. The van der Waals surface area contributed by atoms with Crippen molar-refractivity contribution in [3.63, 3.8) is 0 Å². The van der Waals surface area contributed by atoms with Crippen LogP contribution in [0.2, 0.25) is 0 Å². The lowest BCUT2D eigenvalue weighted by molar-refractivity contribution is 1.46. The summed E-state index contributed by atoms with van der Waals surface area (Å²) in [6.45, 7) is 1.92. The summed E-state index contributed by atoms with van der Waals surface area (Å²) in [5.74, 6) is 0. The van der Waals surface area contributed by atoms with Crippen LogP contribution in [-0.4, -0.2) is 0 Å². The Morgan fingerprint density at radius 1 is 1.75 bits per heavy atom. The molecule has 0 saturated heterocycles. The van der Waals surface area contributed by atoms with Gasteiger partial charge in [-0.1, -0.05) is 0 Å². The molecule has 0 radical (unpaired) electrons. The molecule has 0 atom stereocenters. The lowest BCUT2D eigenvalue weighted by atomic mass is 10.4. The zero-order chi connectivity index (χ0) is 5.98. The number of hydrogen-bond donors (Lipinski definition) is 0. The highest BCUT2D eigenvalue weighted by atomic mass is 32.1. The van der Waals surface area contributed by atoms with Gasteiger partial charge in [-0.05, 0) is 12.3 Å². The van der Waals surface area contributed by atoms with Gasteiger partial charge in [-0.25, -0.2) is 0 Å². The van der Waals surface area contributed by atoms with Gasteiger partial charge in [-0.2, -0.15) is 0 Å². The van der Waals surface area contributed by atoms with Crippen LogP contribution in [-0.2, 0) is 0 Å². The molecule has 0 aromatic carbocycles. The van der Waals surface area contributed by atoms with E-state index in [9.17, 15) is 0 Å². The molecular weight excluding hydrogens is 120 g/mol. The predicted molar refractivity (Wildman–Crippen MR) is 33.8 cm³/mol. The van der Waals surface area contributed by atoms with E-state index in [0.29, 0.717) is 5.69 Å². The van der Waals surface area contributed by atoms with Crippen LogP contribution >= 0.6 is 11.3 Å². The molecule has 0 unspecified atom stereocenters. The number of diazo groups is 1. The van der Waals surface area contributed by atoms with Crippen LogP contribution in [0.25, 0.3) is 4.98 Å². The highest BCUT2D eigenvalue weighted by molar-refractivity contribution is 7.10. The van der Waals surface area contributed by atoms with Crippen LogP contribution in [0.5, 0.6) is 0 Å². The third kappa shape index (κ3) is 0.703. The first-order valence-electron chi connectivity index (χ1n) is 2.24. The fraction of sp³-hybridized carbons (Fsp3) is 0.200. The lowest BCUT2D eigenvalue weighted by Gasteiger charge is -1.64. The Bertz CT molecular complexity index is 221. The molecule has 1 aromatic heterocycles. The third-order valence-corrected chi connectivity index (χ3v) is 1.77. The summed E-state index contributed by atoms with van der Waals surface area (Å²) >= 11 is 1.58. The highest BCUT2D eigenvalue weighted by Crippen LogP contribution is 2.22. The third-order valence-electron chi connectivity index (χ3n) is 0.939. The molecule has 0 bridgehead atoms. The van der Waals surface area contributed by atoms with E-state index in [1.165, 1.54) is 0 Å². The predicted octanol–water partition coefficient (Wildman–Crippen LogP) is 2.54. The van der Waals surface area contributed by atoms with Crippen molar-refractivity contribution in [2.75, 3.05) is 0 Å². The molecule has 1 heterocycles. The molecule has 2 nitrogen and oxygen atoms in total. The molecule has 1 rings (SSSR count). The van der Waals surface area contributed by atoms with Gasteiger partial charge in [-0.3, -0.25) is 0 Å². The second-order valence-electron chi connectivity index (χ2n) is 1.46. The molecule has 40 valence electrons. The first-order valence-corrected chi connectivity index (χ1v) is 3.12. The molecule has 0 amide bonds. The zero-order valence-electron chi connectivity index (χ0n) is 4.46. The van der Waals surface area contributed by atoms with E-state index in [4.69, 9.17) is 5.39 Å². The molecule has 0 aliphatic rings. The van der Waals surface area contributed by atoms with E-state index < -0.39 is 0 Å². The first kappa shape index (κ1) is 5.26. The summed E-state index contributed by atoms with van der Waals surface area (Å²) in [4.78, 5) is 4.09. The van der Waals surface area contributed by atoms with Crippen molar-refractivity contribution in [1.29, 1.82) is 5.39 Å². The average Bonchev–Trinajstić information content (AvgIpc) is 2.14. The number of thiophene rings is 1. The maximum atomic E-state index is 8.24. The molecular formula is C5H5N2S+. The van der Waals surface area contributed by atoms with Crippen molar-refractivity contribution in [3.8, 4) is 0 Å². The fourth-order valence-electron chi connectivity index (χ4n) is 0.482. The molecule has 3 heteroatoms. The van der Waals surface area contributed by atoms with E-state index >= 15 is 0 Å². The summed E-state index contributed by atoms with van der Waals surface area (Å²) in [5.41, 5.74) is 0.676. The Kier molecular flexibility index (Phi) is 1.27. The van der Waals surface area contributed by atoms with Gasteiger partial charge in [0, 0.05) is 6.07 Å². The normalized spacial score (nSPS) is 8.50. The lowest BCUT2D eigenvalue weighted by Crippen LogP contribution is -1.51.